The van der Waals surface area contributed by atoms with E-state index in [2.05, 4.69) is 10.4 Å². The standard InChI is InChI=1S/C22H24FN3O2/c1-14(17-10-11-21(28-4)20(23)12-17)24-22(27)13-19-15(2)25-26(16(19)3)18-8-6-5-7-9-18/h5-12,14H,13H2,1-4H3,(H,24,27). The van der Waals surface area contributed by atoms with Crippen LogP contribution >= 0.6 is 0 Å². The topological polar surface area (TPSA) is 56.1 Å². The Bertz CT molecular complexity index is 983. The molecule has 1 N–H and O–H groups in total. The number of nitrogens with one attached hydrogen (secondary N) is 1. The van der Waals surface area contributed by atoms with E-state index in [0.29, 0.717) is 5.56 Å². The molecule has 1 unspecified atom stereocenters. The minimum absolute atomic E-state index is 0.137. The van der Waals surface area contributed by atoms with Crippen LogP contribution in [-0.4, -0.2) is 22.8 Å². The zero-order valence-corrected chi connectivity index (χ0v) is 16.5. The van der Waals surface area contributed by atoms with Crippen LogP contribution < -0.4 is 10.1 Å². The third kappa shape index (κ3) is 4.06. The number of amides is 1. The lowest BCUT2D eigenvalue weighted by molar-refractivity contribution is -0.121. The highest BCUT2D eigenvalue weighted by molar-refractivity contribution is 5.79. The Labute approximate surface area is 164 Å². The third-order valence-electron chi connectivity index (χ3n) is 4.83. The number of hydrogen-bond acceptors (Lipinski definition) is 3. The van der Waals surface area contributed by atoms with Crippen LogP contribution in [0.3, 0.4) is 0 Å². The molecule has 0 aliphatic rings. The summed E-state index contributed by atoms with van der Waals surface area (Å²) < 4.78 is 20.7. The van der Waals surface area contributed by atoms with Crippen molar-refractivity contribution in [1.29, 1.82) is 0 Å². The van der Waals surface area contributed by atoms with Gasteiger partial charge in [0.15, 0.2) is 11.6 Å². The van der Waals surface area contributed by atoms with Crippen LogP contribution in [0.5, 0.6) is 5.75 Å². The maximum absolute atomic E-state index is 13.9. The highest BCUT2D eigenvalue weighted by Gasteiger charge is 2.18. The van der Waals surface area contributed by atoms with Gasteiger partial charge >= 0.3 is 0 Å². The molecule has 0 saturated heterocycles. The molecule has 28 heavy (non-hydrogen) atoms. The summed E-state index contributed by atoms with van der Waals surface area (Å²) in [5, 5.41) is 7.50. The number of aryl methyl sites for hydroxylation is 1. The van der Waals surface area contributed by atoms with Crippen molar-refractivity contribution in [3.05, 3.63) is 76.9 Å². The molecule has 0 fully saturated rings. The SMILES string of the molecule is COc1ccc(C(C)NC(=O)Cc2c(C)nn(-c3ccccc3)c2C)cc1F. The van der Waals surface area contributed by atoms with Crippen LogP contribution in [0.1, 0.15) is 35.5 Å². The molecule has 1 aromatic heterocycles. The monoisotopic (exact) mass is 381 g/mol. The summed E-state index contributed by atoms with van der Waals surface area (Å²) in [7, 11) is 1.42. The molecular weight excluding hydrogens is 357 g/mol. The summed E-state index contributed by atoms with van der Waals surface area (Å²) in [5.41, 5.74) is 4.29. The quantitative estimate of drug-likeness (QED) is 0.701. The van der Waals surface area contributed by atoms with Crippen molar-refractivity contribution < 1.29 is 13.9 Å². The van der Waals surface area contributed by atoms with E-state index in [9.17, 15) is 9.18 Å². The number of aromatic nitrogens is 2. The van der Waals surface area contributed by atoms with E-state index in [4.69, 9.17) is 4.74 Å². The van der Waals surface area contributed by atoms with Gasteiger partial charge in [-0.2, -0.15) is 5.10 Å². The zero-order valence-electron chi connectivity index (χ0n) is 16.5. The van der Waals surface area contributed by atoms with Crippen molar-refractivity contribution in [2.24, 2.45) is 0 Å². The molecule has 0 spiro atoms. The first-order valence-corrected chi connectivity index (χ1v) is 9.14. The summed E-state index contributed by atoms with van der Waals surface area (Å²) in [6.45, 7) is 5.68. The van der Waals surface area contributed by atoms with E-state index in [0.717, 1.165) is 22.6 Å². The molecule has 0 saturated carbocycles. The molecule has 0 radical (unpaired) electrons. The number of hydrogen-bond donors (Lipinski definition) is 1. The number of rotatable bonds is 6. The lowest BCUT2D eigenvalue weighted by Gasteiger charge is -2.15. The van der Waals surface area contributed by atoms with Gasteiger partial charge in [-0.1, -0.05) is 24.3 Å². The van der Waals surface area contributed by atoms with Gasteiger partial charge in [0.2, 0.25) is 5.91 Å². The molecule has 1 atom stereocenters. The number of carbonyl (C=O) groups excluding carboxylic acids is 1. The van der Waals surface area contributed by atoms with Crippen LogP contribution in [0.4, 0.5) is 4.39 Å². The maximum Gasteiger partial charge on any atom is 0.225 e. The Morgan fingerprint density at radius 3 is 2.57 bits per heavy atom. The third-order valence-corrected chi connectivity index (χ3v) is 4.83. The smallest absolute Gasteiger partial charge is 0.225 e. The van der Waals surface area contributed by atoms with Crippen LogP contribution in [0.15, 0.2) is 48.5 Å². The van der Waals surface area contributed by atoms with Gasteiger partial charge in [0.1, 0.15) is 0 Å². The second-order valence-corrected chi connectivity index (χ2v) is 6.76. The van der Waals surface area contributed by atoms with Gasteiger partial charge in [-0.3, -0.25) is 4.79 Å². The van der Waals surface area contributed by atoms with E-state index < -0.39 is 5.82 Å². The number of para-hydroxylation sites is 1. The molecule has 3 rings (SSSR count). The van der Waals surface area contributed by atoms with Crippen molar-refractivity contribution in [2.45, 2.75) is 33.2 Å². The molecule has 6 heteroatoms. The van der Waals surface area contributed by atoms with E-state index >= 15 is 0 Å². The number of halogens is 1. The number of nitrogens with zero attached hydrogens (tertiary/aromatic N) is 2. The van der Waals surface area contributed by atoms with Gasteiger partial charge in [-0.05, 0) is 50.6 Å². The first-order chi connectivity index (χ1) is 13.4. The van der Waals surface area contributed by atoms with Crippen molar-refractivity contribution in [1.82, 2.24) is 15.1 Å². The average molecular weight is 381 g/mol. The van der Waals surface area contributed by atoms with Gasteiger partial charge in [-0.15, -0.1) is 0 Å². The summed E-state index contributed by atoms with van der Waals surface area (Å²) in [6, 6.07) is 14.2. The minimum atomic E-state index is -0.447. The van der Waals surface area contributed by atoms with E-state index in [1.54, 1.807) is 12.1 Å². The van der Waals surface area contributed by atoms with Crippen LogP contribution in [0.25, 0.3) is 5.69 Å². The van der Waals surface area contributed by atoms with Gasteiger partial charge in [0.05, 0.1) is 31.0 Å². The van der Waals surface area contributed by atoms with Crippen LogP contribution in [0, 0.1) is 19.7 Å². The molecular formula is C22H24FN3O2. The van der Waals surface area contributed by atoms with Crippen molar-refractivity contribution >= 4 is 5.91 Å². The molecule has 0 aliphatic heterocycles. The fourth-order valence-corrected chi connectivity index (χ4v) is 3.24. The van der Waals surface area contributed by atoms with Crippen LogP contribution in [-0.2, 0) is 11.2 Å². The minimum Gasteiger partial charge on any atom is -0.494 e. The Kier molecular flexibility index (Phi) is 5.78. The van der Waals surface area contributed by atoms with Crippen molar-refractivity contribution in [2.75, 3.05) is 7.11 Å². The first-order valence-electron chi connectivity index (χ1n) is 9.14. The predicted octanol–water partition coefficient (Wildman–Crippen LogP) is 4.06. The molecule has 0 bridgehead atoms. The Balaban J connectivity index is 1.73. The second kappa shape index (κ2) is 8.25. The number of ether oxygens (including phenoxy) is 1. The summed E-state index contributed by atoms with van der Waals surface area (Å²) in [5.74, 6) is -0.402. The van der Waals surface area contributed by atoms with Gasteiger partial charge < -0.3 is 10.1 Å². The number of benzene rings is 2. The fourth-order valence-electron chi connectivity index (χ4n) is 3.24. The lowest BCUT2D eigenvalue weighted by Crippen LogP contribution is -2.28. The van der Waals surface area contributed by atoms with Gasteiger partial charge in [0.25, 0.3) is 0 Å². The first kappa shape index (κ1) is 19.6. The molecule has 1 heterocycles. The maximum atomic E-state index is 13.9. The highest BCUT2D eigenvalue weighted by Crippen LogP contribution is 2.22. The largest absolute Gasteiger partial charge is 0.494 e. The van der Waals surface area contributed by atoms with E-state index in [1.165, 1.54) is 13.2 Å². The lowest BCUT2D eigenvalue weighted by atomic mass is 10.1. The summed E-state index contributed by atoms with van der Waals surface area (Å²) in [6.07, 6.45) is 0.216. The Hall–Kier alpha value is -3.15. The highest BCUT2D eigenvalue weighted by atomic mass is 19.1. The van der Waals surface area contributed by atoms with Gasteiger partial charge in [-0.25, -0.2) is 9.07 Å². The van der Waals surface area contributed by atoms with Crippen LogP contribution in [0.2, 0.25) is 0 Å². The van der Waals surface area contributed by atoms with Crippen molar-refractivity contribution in [3.63, 3.8) is 0 Å². The molecule has 0 aliphatic carbocycles. The summed E-state index contributed by atoms with van der Waals surface area (Å²) in [4.78, 5) is 12.6. The molecule has 1 amide bonds. The molecule has 5 nitrogen and oxygen atoms in total. The Morgan fingerprint density at radius 1 is 1.21 bits per heavy atom. The van der Waals surface area contributed by atoms with Gasteiger partial charge in [0, 0.05) is 11.3 Å². The fraction of sp³-hybridized carbons (Fsp3) is 0.273. The summed E-state index contributed by atoms with van der Waals surface area (Å²) >= 11 is 0. The van der Waals surface area contributed by atoms with E-state index in [-0.39, 0.29) is 24.1 Å². The molecule has 3 aromatic rings. The second-order valence-electron chi connectivity index (χ2n) is 6.76. The molecule has 146 valence electrons. The average Bonchev–Trinajstić information content (AvgIpc) is 2.96. The normalized spacial score (nSPS) is 11.9. The predicted molar refractivity (Wildman–Crippen MR) is 106 cm³/mol. The Morgan fingerprint density at radius 2 is 1.93 bits per heavy atom. The number of methoxy groups -OCH3 is 1. The van der Waals surface area contributed by atoms with Crippen molar-refractivity contribution in [3.8, 4) is 11.4 Å². The number of carbonyl (C=O) groups is 1. The zero-order chi connectivity index (χ0) is 20.3. The van der Waals surface area contributed by atoms with E-state index in [1.807, 2.05) is 55.8 Å². The molecule has 2 aromatic carbocycles.